The molecule has 0 atom stereocenters. The number of hydrogen-bond donors (Lipinski definition) is 1. The van der Waals surface area contributed by atoms with Gasteiger partial charge in [-0.15, -0.1) is 0 Å². The van der Waals surface area contributed by atoms with Crippen LogP contribution in [0.3, 0.4) is 0 Å². The number of nitrogens with zero attached hydrogens (tertiary/aromatic N) is 1. The van der Waals surface area contributed by atoms with E-state index in [4.69, 9.17) is 5.73 Å². The monoisotopic (exact) mass is 254 g/mol. The van der Waals surface area contributed by atoms with Crippen molar-refractivity contribution < 1.29 is 0 Å². The third-order valence-corrected chi connectivity index (χ3v) is 3.26. The molecule has 0 saturated carbocycles. The molecular formula is C9H7BrN2S. The molecule has 0 aliphatic rings. The van der Waals surface area contributed by atoms with Gasteiger partial charge in [-0.3, -0.25) is 0 Å². The summed E-state index contributed by atoms with van der Waals surface area (Å²) in [5, 5.41) is 4.12. The summed E-state index contributed by atoms with van der Waals surface area (Å²) in [6.07, 6.45) is 1.72. The fraction of sp³-hybridized carbons (Fsp3) is 0. The van der Waals surface area contributed by atoms with Crippen molar-refractivity contribution in [3.63, 3.8) is 0 Å². The Morgan fingerprint density at radius 2 is 2.23 bits per heavy atom. The molecule has 0 radical (unpaired) electrons. The van der Waals surface area contributed by atoms with Crippen LogP contribution in [-0.4, -0.2) is 4.98 Å². The molecule has 13 heavy (non-hydrogen) atoms. The van der Waals surface area contributed by atoms with Crippen LogP contribution in [0.4, 0.5) is 5.82 Å². The first-order valence-corrected chi connectivity index (χ1v) is 5.45. The van der Waals surface area contributed by atoms with Gasteiger partial charge in [-0.1, -0.05) is 0 Å². The molecule has 0 aromatic carbocycles. The van der Waals surface area contributed by atoms with Crippen molar-refractivity contribution in [1.29, 1.82) is 0 Å². The number of thiophene rings is 1. The van der Waals surface area contributed by atoms with Gasteiger partial charge in [0.1, 0.15) is 5.82 Å². The summed E-state index contributed by atoms with van der Waals surface area (Å²) in [5.41, 5.74) is 7.94. The van der Waals surface area contributed by atoms with Crippen LogP contribution in [0.2, 0.25) is 0 Å². The molecule has 0 saturated heterocycles. The molecular weight excluding hydrogens is 248 g/mol. The summed E-state index contributed by atoms with van der Waals surface area (Å²) in [5.74, 6) is 0.531. The highest BCUT2D eigenvalue weighted by atomic mass is 79.9. The molecule has 0 spiro atoms. The Morgan fingerprint density at radius 3 is 2.92 bits per heavy atom. The standard InChI is InChI=1S/C9H7BrN2S/c10-8-7(1-3-12-9(8)11)6-2-4-13-5-6/h1-5H,(H2,11,12). The Labute approximate surface area is 88.6 Å². The Kier molecular flexibility index (Phi) is 2.33. The van der Waals surface area contributed by atoms with Gasteiger partial charge in [0.05, 0.1) is 4.47 Å². The molecule has 2 rings (SSSR count). The van der Waals surface area contributed by atoms with E-state index in [0.29, 0.717) is 5.82 Å². The van der Waals surface area contributed by atoms with Crippen molar-refractivity contribution in [3.05, 3.63) is 33.6 Å². The third-order valence-electron chi connectivity index (χ3n) is 1.75. The third kappa shape index (κ3) is 1.59. The number of nitrogens with two attached hydrogens (primary N) is 1. The first-order chi connectivity index (χ1) is 6.29. The smallest absolute Gasteiger partial charge is 0.138 e. The lowest BCUT2D eigenvalue weighted by molar-refractivity contribution is 1.32. The average Bonchev–Trinajstić information content (AvgIpc) is 2.62. The second kappa shape index (κ2) is 3.47. The molecule has 0 aliphatic carbocycles. The number of pyridine rings is 1. The van der Waals surface area contributed by atoms with Gasteiger partial charge in [0.25, 0.3) is 0 Å². The number of hydrogen-bond acceptors (Lipinski definition) is 3. The maximum atomic E-state index is 5.67. The van der Waals surface area contributed by atoms with E-state index in [-0.39, 0.29) is 0 Å². The van der Waals surface area contributed by atoms with E-state index in [1.807, 2.05) is 11.4 Å². The van der Waals surface area contributed by atoms with Crippen molar-refractivity contribution in [2.45, 2.75) is 0 Å². The number of aromatic nitrogens is 1. The van der Waals surface area contributed by atoms with Crippen LogP contribution in [-0.2, 0) is 0 Å². The first-order valence-electron chi connectivity index (χ1n) is 3.71. The summed E-state index contributed by atoms with van der Waals surface area (Å²) < 4.78 is 0.869. The van der Waals surface area contributed by atoms with Crippen LogP contribution >= 0.6 is 27.3 Å². The van der Waals surface area contributed by atoms with Crippen LogP contribution in [0.15, 0.2) is 33.6 Å². The lowest BCUT2D eigenvalue weighted by atomic mass is 10.1. The van der Waals surface area contributed by atoms with E-state index in [1.54, 1.807) is 17.5 Å². The highest BCUT2D eigenvalue weighted by molar-refractivity contribution is 9.10. The molecule has 4 heteroatoms. The molecule has 0 aliphatic heterocycles. The number of halogens is 1. The fourth-order valence-corrected chi connectivity index (χ4v) is 2.22. The van der Waals surface area contributed by atoms with E-state index < -0.39 is 0 Å². The highest BCUT2D eigenvalue weighted by Gasteiger charge is 2.05. The van der Waals surface area contributed by atoms with Gasteiger partial charge in [-0.25, -0.2) is 4.98 Å². The van der Waals surface area contributed by atoms with E-state index >= 15 is 0 Å². The SMILES string of the molecule is Nc1nccc(-c2ccsc2)c1Br. The second-order valence-corrected chi connectivity index (χ2v) is 4.14. The molecule has 0 bridgehead atoms. The highest BCUT2D eigenvalue weighted by Crippen LogP contribution is 2.32. The van der Waals surface area contributed by atoms with Crippen molar-refractivity contribution in [1.82, 2.24) is 4.98 Å². The van der Waals surface area contributed by atoms with E-state index in [2.05, 4.69) is 32.4 Å². The molecule has 0 fully saturated rings. The lowest BCUT2D eigenvalue weighted by Gasteiger charge is -2.02. The average molecular weight is 255 g/mol. The van der Waals surface area contributed by atoms with Crippen molar-refractivity contribution >= 4 is 33.1 Å². The molecule has 0 unspecified atom stereocenters. The quantitative estimate of drug-likeness (QED) is 0.850. The maximum Gasteiger partial charge on any atom is 0.138 e. The predicted molar refractivity (Wildman–Crippen MR) is 59.7 cm³/mol. The number of nitrogen functional groups attached to an aromatic ring is 1. The zero-order chi connectivity index (χ0) is 9.26. The fourth-order valence-electron chi connectivity index (χ4n) is 1.10. The summed E-state index contributed by atoms with van der Waals surface area (Å²) in [7, 11) is 0. The van der Waals surface area contributed by atoms with Gasteiger partial charge in [-0.2, -0.15) is 11.3 Å². The molecule has 66 valence electrons. The normalized spacial score (nSPS) is 10.2. The predicted octanol–water partition coefficient (Wildman–Crippen LogP) is 3.15. The Hall–Kier alpha value is -0.870. The molecule has 2 nitrogen and oxygen atoms in total. The first kappa shape index (κ1) is 8.72. The summed E-state index contributed by atoms with van der Waals surface area (Å²) >= 11 is 5.09. The molecule has 2 aromatic rings. The topological polar surface area (TPSA) is 38.9 Å². The minimum atomic E-state index is 0.531. The minimum absolute atomic E-state index is 0.531. The van der Waals surface area contributed by atoms with Crippen molar-refractivity contribution in [3.8, 4) is 11.1 Å². The Morgan fingerprint density at radius 1 is 1.38 bits per heavy atom. The zero-order valence-electron chi connectivity index (χ0n) is 6.70. The van der Waals surface area contributed by atoms with E-state index in [0.717, 1.165) is 10.0 Å². The van der Waals surface area contributed by atoms with Crippen LogP contribution < -0.4 is 5.73 Å². The van der Waals surface area contributed by atoms with Crippen LogP contribution in [0.1, 0.15) is 0 Å². The minimum Gasteiger partial charge on any atom is -0.383 e. The van der Waals surface area contributed by atoms with Crippen LogP contribution in [0, 0.1) is 0 Å². The lowest BCUT2D eigenvalue weighted by Crippen LogP contribution is -1.91. The summed E-state index contributed by atoms with van der Waals surface area (Å²) in [6.45, 7) is 0. The van der Waals surface area contributed by atoms with E-state index in [9.17, 15) is 0 Å². The van der Waals surface area contributed by atoms with Crippen molar-refractivity contribution in [2.75, 3.05) is 5.73 Å². The summed E-state index contributed by atoms with van der Waals surface area (Å²) in [4.78, 5) is 3.98. The number of anilines is 1. The van der Waals surface area contributed by atoms with Gasteiger partial charge in [0.2, 0.25) is 0 Å². The van der Waals surface area contributed by atoms with Gasteiger partial charge < -0.3 is 5.73 Å². The van der Waals surface area contributed by atoms with E-state index in [1.165, 1.54) is 5.56 Å². The van der Waals surface area contributed by atoms with Gasteiger partial charge in [0.15, 0.2) is 0 Å². The van der Waals surface area contributed by atoms with Gasteiger partial charge >= 0.3 is 0 Å². The second-order valence-electron chi connectivity index (χ2n) is 2.57. The van der Waals surface area contributed by atoms with Gasteiger partial charge in [-0.05, 0) is 44.4 Å². The van der Waals surface area contributed by atoms with Gasteiger partial charge in [0, 0.05) is 11.8 Å². The van der Waals surface area contributed by atoms with Crippen LogP contribution in [0.5, 0.6) is 0 Å². The van der Waals surface area contributed by atoms with Crippen LogP contribution in [0.25, 0.3) is 11.1 Å². The zero-order valence-corrected chi connectivity index (χ0v) is 9.10. The van der Waals surface area contributed by atoms with Crippen molar-refractivity contribution in [2.24, 2.45) is 0 Å². The maximum absolute atomic E-state index is 5.67. The summed E-state index contributed by atoms with van der Waals surface area (Å²) in [6, 6.07) is 4.01. The largest absolute Gasteiger partial charge is 0.383 e. The number of rotatable bonds is 1. The molecule has 2 aromatic heterocycles. The Balaban J connectivity index is 2.59. The molecule has 2 heterocycles. The Bertz CT molecular complexity index is 412. The molecule has 0 amide bonds. The molecule has 2 N–H and O–H groups in total.